The maximum atomic E-state index is 13.4. The zero-order valence-electron chi connectivity index (χ0n) is 7.66. The first kappa shape index (κ1) is 8.99. The van der Waals surface area contributed by atoms with E-state index in [0.717, 1.165) is 6.42 Å². The van der Waals surface area contributed by atoms with Crippen LogP contribution in [-0.2, 0) is 0 Å². The number of likely N-dealkylation sites (tertiary alicyclic amines) is 1. The molecule has 3 nitrogen and oxygen atoms in total. The molecule has 0 radical (unpaired) electrons. The Morgan fingerprint density at radius 3 is 2.71 bits per heavy atom. The monoisotopic (exact) mass is 194 g/mol. The predicted molar refractivity (Wildman–Crippen MR) is 51.3 cm³/mol. The van der Waals surface area contributed by atoms with Crippen LogP contribution in [0.1, 0.15) is 16.8 Å². The highest BCUT2D eigenvalue weighted by Crippen LogP contribution is 2.18. The molecule has 1 aromatic rings. The van der Waals surface area contributed by atoms with Crippen LogP contribution >= 0.6 is 0 Å². The summed E-state index contributed by atoms with van der Waals surface area (Å²) < 4.78 is 13.4. The number of nitrogen functional groups attached to an aromatic ring is 1. The van der Waals surface area contributed by atoms with Crippen LogP contribution in [0, 0.1) is 5.82 Å². The first-order valence-electron chi connectivity index (χ1n) is 4.53. The molecule has 1 aliphatic rings. The van der Waals surface area contributed by atoms with E-state index < -0.39 is 5.82 Å². The van der Waals surface area contributed by atoms with Gasteiger partial charge < -0.3 is 10.6 Å². The number of nitrogens with two attached hydrogens (primary N) is 1. The first-order valence-corrected chi connectivity index (χ1v) is 4.53. The van der Waals surface area contributed by atoms with E-state index >= 15 is 0 Å². The Kier molecular flexibility index (Phi) is 2.11. The number of nitrogens with zero attached hydrogens (tertiary/aromatic N) is 1. The van der Waals surface area contributed by atoms with Crippen LogP contribution < -0.4 is 5.73 Å². The summed E-state index contributed by atoms with van der Waals surface area (Å²) in [5.41, 5.74) is 5.47. The van der Waals surface area contributed by atoms with Crippen molar-refractivity contribution in [1.82, 2.24) is 4.90 Å². The third kappa shape index (κ3) is 1.32. The first-order chi connectivity index (χ1) is 6.70. The molecule has 0 spiro atoms. The van der Waals surface area contributed by atoms with Gasteiger partial charge in [0.15, 0.2) is 5.82 Å². The SMILES string of the molecule is Nc1cccc(C(=O)N2CCC2)c1F. The lowest BCUT2D eigenvalue weighted by molar-refractivity contribution is 0.0647. The fourth-order valence-corrected chi connectivity index (χ4v) is 1.40. The molecule has 2 rings (SSSR count). The number of carbonyl (C=O) groups is 1. The summed E-state index contributed by atoms with van der Waals surface area (Å²) in [5.74, 6) is -0.870. The molecular formula is C10H11FN2O. The molecule has 1 aromatic carbocycles. The Morgan fingerprint density at radius 1 is 1.43 bits per heavy atom. The molecule has 0 atom stereocenters. The largest absolute Gasteiger partial charge is 0.396 e. The molecule has 0 saturated carbocycles. The second-order valence-electron chi connectivity index (χ2n) is 3.35. The van der Waals surface area contributed by atoms with E-state index in [2.05, 4.69) is 0 Å². The highest BCUT2D eigenvalue weighted by Gasteiger charge is 2.24. The molecule has 1 amide bonds. The number of halogens is 1. The Bertz CT molecular complexity index is 374. The number of hydrogen-bond donors (Lipinski definition) is 1. The van der Waals surface area contributed by atoms with Gasteiger partial charge >= 0.3 is 0 Å². The van der Waals surface area contributed by atoms with E-state index in [0.29, 0.717) is 13.1 Å². The van der Waals surface area contributed by atoms with Crippen LogP contribution in [0.4, 0.5) is 10.1 Å². The minimum Gasteiger partial charge on any atom is -0.396 e. The number of anilines is 1. The molecule has 74 valence electrons. The smallest absolute Gasteiger partial charge is 0.256 e. The molecule has 1 fully saturated rings. The predicted octanol–water partition coefficient (Wildman–Crippen LogP) is 1.25. The van der Waals surface area contributed by atoms with Crippen molar-refractivity contribution >= 4 is 11.6 Å². The molecule has 2 N–H and O–H groups in total. The van der Waals surface area contributed by atoms with Crippen LogP contribution in [0.3, 0.4) is 0 Å². The highest BCUT2D eigenvalue weighted by molar-refractivity contribution is 5.95. The topological polar surface area (TPSA) is 46.3 Å². The number of hydrogen-bond acceptors (Lipinski definition) is 2. The van der Waals surface area contributed by atoms with Gasteiger partial charge in [-0.05, 0) is 18.6 Å². The Labute approximate surface area is 81.3 Å². The molecule has 1 heterocycles. The van der Waals surface area contributed by atoms with Gasteiger partial charge in [-0.2, -0.15) is 0 Å². The second-order valence-corrected chi connectivity index (χ2v) is 3.35. The fraction of sp³-hybridized carbons (Fsp3) is 0.300. The molecule has 4 heteroatoms. The second kappa shape index (κ2) is 3.29. The minimum absolute atomic E-state index is 0.0244. The van der Waals surface area contributed by atoms with Crippen LogP contribution in [0.5, 0.6) is 0 Å². The van der Waals surface area contributed by atoms with Gasteiger partial charge in [-0.25, -0.2) is 4.39 Å². The highest BCUT2D eigenvalue weighted by atomic mass is 19.1. The minimum atomic E-state index is -0.607. The van der Waals surface area contributed by atoms with Crippen molar-refractivity contribution in [2.45, 2.75) is 6.42 Å². The lowest BCUT2D eigenvalue weighted by atomic mass is 10.1. The zero-order valence-corrected chi connectivity index (χ0v) is 7.66. The van der Waals surface area contributed by atoms with Gasteiger partial charge in [0.2, 0.25) is 0 Å². The maximum Gasteiger partial charge on any atom is 0.256 e. The lowest BCUT2D eigenvalue weighted by Gasteiger charge is -2.31. The van der Waals surface area contributed by atoms with Gasteiger partial charge in [0, 0.05) is 13.1 Å². The Balaban J connectivity index is 2.31. The molecule has 0 aliphatic carbocycles. The van der Waals surface area contributed by atoms with E-state index in [1.165, 1.54) is 12.1 Å². The van der Waals surface area contributed by atoms with E-state index in [4.69, 9.17) is 5.73 Å². The summed E-state index contributed by atoms with van der Waals surface area (Å²) >= 11 is 0. The van der Waals surface area contributed by atoms with Crippen molar-refractivity contribution in [3.05, 3.63) is 29.6 Å². The molecule has 1 saturated heterocycles. The number of rotatable bonds is 1. The van der Waals surface area contributed by atoms with Crippen molar-refractivity contribution in [2.24, 2.45) is 0 Å². The Morgan fingerprint density at radius 2 is 2.14 bits per heavy atom. The van der Waals surface area contributed by atoms with Gasteiger partial charge in [0.05, 0.1) is 11.3 Å². The molecular weight excluding hydrogens is 183 g/mol. The van der Waals surface area contributed by atoms with Crippen LogP contribution in [0.25, 0.3) is 0 Å². The van der Waals surface area contributed by atoms with E-state index in [-0.39, 0.29) is 17.2 Å². The van der Waals surface area contributed by atoms with Crippen LogP contribution in [0.2, 0.25) is 0 Å². The average molecular weight is 194 g/mol. The van der Waals surface area contributed by atoms with Gasteiger partial charge in [-0.1, -0.05) is 6.07 Å². The molecule has 0 bridgehead atoms. The van der Waals surface area contributed by atoms with Gasteiger partial charge in [0.25, 0.3) is 5.91 Å². The standard InChI is InChI=1S/C10H11FN2O/c11-9-7(3-1-4-8(9)12)10(14)13-5-2-6-13/h1,3-4H,2,5-6,12H2. The Hall–Kier alpha value is -1.58. The summed E-state index contributed by atoms with van der Waals surface area (Å²) in [6.45, 7) is 1.43. The van der Waals surface area contributed by atoms with E-state index in [9.17, 15) is 9.18 Å². The number of benzene rings is 1. The molecule has 14 heavy (non-hydrogen) atoms. The third-order valence-corrected chi connectivity index (χ3v) is 2.40. The average Bonchev–Trinajstić information content (AvgIpc) is 2.06. The summed E-state index contributed by atoms with van der Waals surface area (Å²) in [6, 6.07) is 4.50. The zero-order chi connectivity index (χ0) is 10.1. The molecule has 0 aromatic heterocycles. The molecule has 0 unspecified atom stereocenters. The summed E-state index contributed by atoms with van der Waals surface area (Å²) in [4.78, 5) is 13.2. The molecule has 1 aliphatic heterocycles. The van der Waals surface area contributed by atoms with Crippen molar-refractivity contribution in [3.63, 3.8) is 0 Å². The lowest BCUT2D eigenvalue weighted by Crippen LogP contribution is -2.42. The summed E-state index contributed by atoms with van der Waals surface area (Å²) in [5, 5.41) is 0. The third-order valence-electron chi connectivity index (χ3n) is 2.40. The quantitative estimate of drug-likeness (QED) is 0.684. The number of amides is 1. The van der Waals surface area contributed by atoms with Crippen molar-refractivity contribution in [2.75, 3.05) is 18.8 Å². The van der Waals surface area contributed by atoms with E-state index in [1.807, 2.05) is 0 Å². The van der Waals surface area contributed by atoms with Crippen LogP contribution in [-0.4, -0.2) is 23.9 Å². The number of carbonyl (C=O) groups excluding carboxylic acids is 1. The summed E-state index contributed by atoms with van der Waals surface area (Å²) in [7, 11) is 0. The van der Waals surface area contributed by atoms with Gasteiger partial charge in [0.1, 0.15) is 0 Å². The van der Waals surface area contributed by atoms with Crippen molar-refractivity contribution < 1.29 is 9.18 Å². The van der Waals surface area contributed by atoms with Crippen molar-refractivity contribution in [3.8, 4) is 0 Å². The van der Waals surface area contributed by atoms with Gasteiger partial charge in [-0.15, -0.1) is 0 Å². The van der Waals surface area contributed by atoms with E-state index in [1.54, 1.807) is 11.0 Å². The van der Waals surface area contributed by atoms with Crippen LogP contribution in [0.15, 0.2) is 18.2 Å². The summed E-state index contributed by atoms with van der Waals surface area (Å²) in [6.07, 6.45) is 0.996. The van der Waals surface area contributed by atoms with Gasteiger partial charge in [-0.3, -0.25) is 4.79 Å². The fourth-order valence-electron chi connectivity index (χ4n) is 1.40. The van der Waals surface area contributed by atoms with Crippen molar-refractivity contribution in [1.29, 1.82) is 0 Å². The normalized spacial score (nSPS) is 15.1. The maximum absolute atomic E-state index is 13.4.